The summed E-state index contributed by atoms with van der Waals surface area (Å²) < 4.78 is 33.2. The number of thioether (sulfide) groups is 1. The molecule has 4 aromatic carbocycles. The van der Waals surface area contributed by atoms with Crippen molar-refractivity contribution in [3.05, 3.63) is 124 Å². The van der Waals surface area contributed by atoms with Crippen molar-refractivity contribution in [1.29, 1.82) is 0 Å². The van der Waals surface area contributed by atoms with E-state index in [0.717, 1.165) is 28.4 Å². The zero-order valence-corrected chi connectivity index (χ0v) is 26.5. The van der Waals surface area contributed by atoms with Crippen molar-refractivity contribution >= 4 is 35.1 Å². The number of hydrogen-bond donors (Lipinski definition) is 1. The van der Waals surface area contributed by atoms with Gasteiger partial charge < -0.3 is 15.0 Å². The van der Waals surface area contributed by atoms with E-state index in [-0.39, 0.29) is 12.3 Å². The summed E-state index contributed by atoms with van der Waals surface area (Å²) in [4.78, 5) is 39.9. The Morgan fingerprint density at radius 2 is 1.53 bits per heavy atom. The molecule has 45 heavy (non-hydrogen) atoms. The molecule has 6 nitrogen and oxygen atoms in total. The van der Waals surface area contributed by atoms with E-state index in [9.17, 15) is 23.2 Å². The van der Waals surface area contributed by atoms with Crippen LogP contribution in [-0.2, 0) is 22.6 Å². The second kappa shape index (κ2) is 15.5. The number of amides is 1. The number of methoxy groups -OCH3 is 1. The molecule has 1 atom stereocenters. The molecule has 1 amide bonds. The molecular formula is C36H36F2N2O4S. The number of benzene rings is 4. The highest BCUT2D eigenvalue weighted by molar-refractivity contribution is 7.98. The van der Waals surface area contributed by atoms with E-state index in [1.165, 1.54) is 26.2 Å². The molecule has 9 heteroatoms. The summed E-state index contributed by atoms with van der Waals surface area (Å²) >= 11 is 1.57. The van der Waals surface area contributed by atoms with Crippen LogP contribution in [0.1, 0.15) is 50.8 Å². The first-order valence-electron chi connectivity index (χ1n) is 14.5. The number of carbonyl (C=O) groups is 3. The van der Waals surface area contributed by atoms with E-state index < -0.39 is 29.6 Å². The fraction of sp³-hybridized carbons (Fsp3) is 0.250. The average molecular weight is 631 g/mol. The van der Waals surface area contributed by atoms with Crippen LogP contribution in [0.4, 0.5) is 14.5 Å². The largest absolute Gasteiger partial charge is 0.467 e. The van der Waals surface area contributed by atoms with Crippen molar-refractivity contribution < 1.29 is 27.9 Å². The number of hydrogen-bond acceptors (Lipinski definition) is 6. The zero-order chi connectivity index (χ0) is 32.5. The van der Waals surface area contributed by atoms with E-state index in [0.29, 0.717) is 41.0 Å². The van der Waals surface area contributed by atoms with Gasteiger partial charge in [-0.05, 0) is 109 Å². The van der Waals surface area contributed by atoms with Gasteiger partial charge in [-0.15, -0.1) is 0 Å². The van der Waals surface area contributed by atoms with E-state index in [4.69, 9.17) is 4.74 Å². The van der Waals surface area contributed by atoms with Crippen LogP contribution in [0.25, 0.3) is 11.1 Å². The molecule has 4 rings (SSSR count). The van der Waals surface area contributed by atoms with Crippen molar-refractivity contribution in [3.63, 3.8) is 0 Å². The third-order valence-corrected chi connectivity index (χ3v) is 8.12. The van der Waals surface area contributed by atoms with Gasteiger partial charge in [0, 0.05) is 36.0 Å². The minimum atomic E-state index is -0.792. The van der Waals surface area contributed by atoms with Crippen molar-refractivity contribution in [3.8, 4) is 11.1 Å². The third kappa shape index (κ3) is 8.79. The topological polar surface area (TPSA) is 75.7 Å². The Hall–Kier alpha value is -4.50. The van der Waals surface area contributed by atoms with E-state index in [1.807, 2.05) is 54.5 Å². The number of halogens is 2. The van der Waals surface area contributed by atoms with Gasteiger partial charge in [0.05, 0.1) is 7.11 Å². The Morgan fingerprint density at radius 1 is 0.867 bits per heavy atom. The first kappa shape index (κ1) is 33.4. The maximum Gasteiger partial charge on any atom is 0.328 e. The highest BCUT2D eigenvalue weighted by atomic mass is 32.2. The van der Waals surface area contributed by atoms with Gasteiger partial charge in [0.1, 0.15) is 17.7 Å². The highest BCUT2D eigenvalue weighted by Crippen LogP contribution is 2.30. The molecule has 0 saturated heterocycles. The molecular weight excluding hydrogens is 594 g/mol. The standard InChI is InChI=1S/C36H36F2N2O4S/c1-23-7-5-6-8-31(23)33-19-25(9-14-32(33)35(42)39-34(15-16-45-4)36(43)44-3)21-40(22-26-17-28(37)20-29(38)18-26)30-12-10-27(11-13-30)24(2)41/h5-14,17-20,34H,15-16,21-22H2,1-4H3,(H,39,42)/t34-/m0/s1. The predicted octanol–water partition coefficient (Wildman–Crippen LogP) is 7.37. The molecule has 0 saturated carbocycles. The van der Waals surface area contributed by atoms with Gasteiger partial charge in [0.25, 0.3) is 5.91 Å². The minimum Gasteiger partial charge on any atom is -0.467 e. The lowest BCUT2D eigenvalue weighted by molar-refractivity contribution is -0.142. The van der Waals surface area contributed by atoms with E-state index >= 15 is 0 Å². The molecule has 0 heterocycles. The third-order valence-electron chi connectivity index (χ3n) is 7.47. The number of nitrogens with one attached hydrogen (secondary N) is 1. The van der Waals surface area contributed by atoms with E-state index in [2.05, 4.69) is 5.32 Å². The molecule has 4 aromatic rings. The van der Waals surface area contributed by atoms with Crippen molar-refractivity contribution in [2.45, 2.75) is 39.4 Å². The molecule has 0 aliphatic carbocycles. The van der Waals surface area contributed by atoms with Gasteiger partial charge in [-0.1, -0.05) is 30.3 Å². The Kier molecular flexibility index (Phi) is 11.5. The lowest BCUT2D eigenvalue weighted by Gasteiger charge is -2.26. The molecule has 0 radical (unpaired) electrons. The van der Waals surface area contributed by atoms with Crippen LogP contribution in [0.2, 0.25) is 0 Å². The van der Waals surface area contributed by atoms with Gasteiger partial charge in [-0.2, -0.15) is 11.8 Å². The summed E-state index contributed by atoms with van der Waals surface area (Å²) in [5.41, 5.74) is 5.47. The summed E-state index contributed by atoms with van der Waals surface area (Å²) in [5, 5.41) is 2.86. The molecule has 1 N–H and O–H groups in total. The quantitative estimate of drug-likeness (QED) is 0.123. The van der Waals surface area contributed by atoms with Crippen molar-refractivity contribution in [1.82, 2.24) is 5.32 Å². The zero-order valence-electron chi connectivity index (χ0n) is 25.7. The average Bonchev–Trinajstić information content (AvgIpc) is 3.02. The smallest absolute Gasteiger partial charge is 0.328 e. The Morgan fingerprint density at radius 3 is 2.16 bits per heavy atom. The maximum atomic E-state index is 14.1. The lowest BCUT2D eigenvalue weighted by atomic mass is 9.93. The van der Waals surface area contributed by atoms with E-state index in [1.54, 1.807) is 42.1 Å². The summed E-state index contributed by atoms with van der Waals surface area (Å²) in [6, 6.07) is 22.9. The summed E-state index contributed by atoms with van der Waals surface area (Å²) in [6.45, 7) is 3.97. The molecule has 0 aromatic heterocycles. The highest BCUT2D eigenvalue weighted by Gasteiger charge is 2.24. The predicted molar refractivity (Wildman–Crippen MR) is 176 cm³/mol. The van der Waals surface area contributed by atoms with Crippen LogP contribution in [0.15, 0.2) is 84.9 Å². The number of esters is 1. The molecule has 0 bridgehead atoms. The van der Waals surface area contributed by atoms with Crippen LogP contribution in [0.5, 0.6) is 0 Å². The first-order valence-corrected chi connectivity index (χ1v) is 15.9. The number of ketones is 1. The summed E-state index contributed by atoms with van der Waals surface area (Å²) in [5.74, 6) is -1.65. The number of aryl methyl sites for hydroxylation is 1. The summed E-state index contributed by atoms with van der Waals surface area (Å²) in [7, 11) is 1.30. The van der Waals surface area contributed by atoms with Crippen molar-refractivity contribution in [2.24, 2.45) is 0 Å². The van der Waals surface area contributed by atoms with Gasteiger partial charge >= 0.3 is 5.97 Å². The molecule has 0 aliphatic heterocycles. The SMILES string of the molecule is COC(=O)[C@H](CCSC)NC(=O)c1ccc(CN(Cc2cc(F)cc(F)c2)c2ccc(C(C)=O)cc2)cc1-c1ccccc1C. The molecule has 0 unspecified atom stereocenters. The number of carbonyl (C=O) groups excluding carboxylic acids is 3. The second-order valence-electron chi connectivity index (χ2n) is 10.8. The number of ether oxygens (including phenoxy) is 1. The monoisotopic (exact) mass is 630 g/mol. The van der Waals surface area contributed by atoms with Gasteiger partial charge in [0.2, 0.25) is 0 Å². The normalized spacial score (nSPS) is 11.5. The molecule has 0 spiro atoms. The van der Waals surface area contributed by atoms with Crippen LogP contribution in [-0.4, -0.2) is 42.8 Å². The van der Waals surface area contributed by atoms with Gasteiger partial charge in [-0.3, -0.25) is 9.59 Å². The number of Topliss-reactive ketones (excluding diaryl/α,β-unsaturated/α-hetero) is 1. The maximum absolute atomic E-state index is 14.1. The summed E-state index contributed by atoms with van der Waals surface area (Å²) in [6.07, 6.45) is 2.35. The second-order valence-corrected chi connectivity index (χ2v) is 11.7. The molecule has 234 valence electrons. The molecule has 0 aliphatic rings. The Labute approximate surface area is 266 Å². The van der Waals surface area contributed by atoms with Gasteiger partial charge in [-0.25, -0.2) is 13.6 Å². The minimum absolute atomic E-state index is 0.0695. The Bertz CT molecular complexity index is 1660. The first-order chi connectivity index (χ1) is 21.6. The number of nitrogens with zero attached hydrogens (tertiary/aromatic N) is 1. The fourth-order valence-electron chi connectivity index (χ4n) is 5.14. The Balaban J connectivity index is 1.75. The fourth-order valence-corrected chi connectivity index (χ4v) is 5.61. The molecule has 0 fully saturated rings. The lowest BCUT2D eigenvalue weighted by Crippen LogP contribution is -2.42. The van der Waals surface area contributed by atoms with Crippen LogP contribution in [0, 0.1) is 18.6 Å². The number of rotatable bonds is 13. The number of anilines is 1. The van der Waals surface area contributed by atoms with Crippen LogP contribution >= 0.6 is 11.8 Å². The van der Waals surface area contributed by atoms with Crippen molar-refractivity contribution in [2.75, 3.05) is 24.0 Å². The van der Waals surface area contributed by atoms with Gasteiger partial charge in [0.15, 0.2) is 5.78 Å². The van der Waals surface area contributed by atoms with Crippen LogP contribution in [0.3, 0.4) is 0 Å². The van der Waals surface area contributed by atoms with Crippen LogP contribution < -0.4 is 10.2 Å².